The first-order valence-corrected chi connectivity index (χ1v) is 6.55. The van der Waals surface area contributed by atoms with Crippen molar-refractivity contribution >= 4 is 11.7 Å². The van der Waals surface area contributed by atoms with Gasteiger partial charge in [-0.3, -0.25) is 0 Å². The van der Waals surface area contributed by atoms with E-state index in [1.165, 1.54) is 30.3 Å². The summed E-state index contributed by atoms with van der Waals surface area (Å²) in [6, 6.07) is 7.69. The van der Waals surface area contributed by atoms with Crippen LogP contribution in [0.25, 0.3) is 11.1 Å². The summed E-state index contributed by atoms with van der Waals surface area (Å²) in [6.45, 7) is 2.09. The van der Waals surface area contributed by atoms with Crippen molar-refractivity contribution in [3.05, 3.63) is 53.6 Å². The quantitative estimate of drug-likeness (QED) is 0.689. The molecule has 110 valence electrons. The highest BCUT2D eigenvalue weighted by Crippen LogP contribution is 2.30. The zero-order valence-electron chi connectivity index (χ0n) is 11.5. The molecular formula is C16H15F2NO2. The maximum absolute atomic E-state index is 13.7. The third-order valence-corrected chi connectivity index (χ3v) is 2.96. The maximum Gasteiger partial charge on any atom is 0.340 e. The van der Waals surface area contributed by atoms with Gasteiger partial charge in [-0.15, -0.1) is 0 Å². The first-order valence-electron chi connectivity index (χ1n) is 6.55. The smallest absolute Gasteiger partial charge is 0.340 e. The molecule has 0 aromatic heterocycles. The van der Waals surface area contributed by atoms with E-state index in [1.807, 2.05) is 6.92 Å². The molecular weight excluding hydrogens is 276 g/mol. The summed E-state index contributed by atoms with van der Waals surface area (Å²) < 4.78 is 31.6. The molecule has 0 radical (unpaired) electrons. The lowest BCUT2D eigenvalue weighted by Crippen LogP contribution is -2.10. The molecule has 2 N–H and O–H groups in total. The van der Waals surface area contributed by atoms with Gasteiger partial charge in [0, 0.05) is 5.56 Å². The molecule has 5 heteroatoms. The molecule has 0 atom stereocenters. The Kier molecular flexibility index (Phi) is 4.52. The van der Waals surface area contributed by atoms with E-state index in [9.17, 15) is 13.6 Å². The summed E-state index contributed by atoms with van der Waals surface area (Å²) in [7, 11) is 0. The molecule has 0 saturated heterocycles. The van der Waals surface area contributed by atoms with Crippen molar-refractivity contribution in [2.24, 2.45) is 0 Å². The van der Waals surface area contributed by atoms with Crippen molar-refractivity contribution < 1.29 is 18.3 Å². The molecule has 0 bridgehead atoms. The highest BCUT2D eigenvalue weighted by molar-refractivity contribution is 5.99. The fraction of sp³-hybridized carbons (Fsp3) is 0.188. The average Bonchev–Trinajstić information content (AvgIpc) is 2.47. The van der Waals surface area contributed by atoms with Crippen LogP contribution in [0.3, 0.4) is 0 Å². The van der Waals surface area contributed by atoms with Gasteiger partial charge in [0.05, 0.1) is 17.9 Å². The Morgan fingerprint density at radius 3 is 2.43 bits per heavy atom. The molecule has 0 heterocycles. The van der Waals surface area contributed by atoms with Crippen LogP contribution in [0.15, 0.2) is 36.4 Å². The van der Waals surface area contributed by atoms with Crippen LogP contribution in [0.1, 0.15) is 23.7 Å². The lowest BCUT2D eigenvalue weighted by molar-refractivity contribution is 0.0506. The normalized spacial score (nSPS) is 10.4. The van der Waals surface area contributed by atoms with Crippen LogP contribution in [-0.4, -0.2) is 12.6 Å². The van der Waals surface area contributed by atoms with Crippen LogP contribution in [0.5, 0.6) is 0 Å². The highest BCUT2D eigenvalue weighted by Gasteiger charge is 2.17. The summed E-state index contributed by atoms with van der Waals surface area (Å²) in [4.78, 5) is 11.9. The van der Waals surface area contributed by atoms with Crippen molar-refractivity contribution in [1.29, 1.82) is 0 Å². The summed E-state index contributed by atoms with van der Waals surface area (Å²) in [5, 5.41) is 0. The molecule has 2 rings (SSSR count). The number of esters is 1. The number of hydrogen-bond acceptors (Lipinski definition) is 3. The molecule has 0 aliphatic carbocycles. The van der Waals surface area contributed by atoms with Crippen molar-refractivity contribution in [2.75, 3.05) is 12.3 Å². The van der Waals surface area contributed by atoms with E-state index in [2.05, 4.69) is 0 Å². The number of halogens is 2. The number of anilines is 1. The second kappa shape index (κ2) is 6.35. The minimum absolute atomic E-state index is 0.0252. The predicted molar refractivity (Wildman–Crippen MR) is 76.8 cm³/mol. The van der Waals surface area contributed by atoms with Crippen LogP contribution in [-0.2, 0) is 4.74 Å². The molecule has 2 aromatic carbocycles. The molecule has 0 amide bonds. The minimum atomic E-state index is -0.669. The molecule has 2 aromatic rings. The number of nitrogen functional groups attached to an aromatic ring is 1. The maximum atomic E-state index is 13.7. The van der Waals surface area contributed by atoms with E-state index in [-0.39, 0.29) is 17.9 Å². The Hall–Kier alpha value is -2.43. The van der Waals surface area contributed by atoms with Crippen LogP contribution in [0.2, 0.25) is 0 Å². The topological polar surface area (TPSA) is 52.3 Å². The van der Waals surface area contributed by atoms with Gasteiger partial charge in [0.15, 0.2) is 0 Å². The Morgan fingerprint density at radius 1 is 1.14 bits per heavy atom. The zero-order chi connectivity index (χ0) is 15.4. The SMILES string of the molecule is CCCOC(=O)c1cc(F)cc(-c2ccc(F)cc2)c1N. The molecule has 3 nitrogen and oxygen atoms in total. The van der Waals surface area contributed by atoms with E-state index < -0.39 is 17.6 Å². The Morgan fingerprint density at radius 2 is 1.81 bits per heavy atom. The second-order valence-corrected chi connectivity index (χ2v) is 4.56. The fourth-order valence-corrected chi connectivity index (χ4v) is 1.93. The number of hydrogen-bond donors (Lipinski definition) is 1. The zero-order valence-corrected chi connectivity index (χ0v) is 11.5. The van der Waals surface area contributed by atoms with Crippen molar-refractivity contribution in [3.63, 3.8) is 0 Å². The Labute approximate surface area is 121 Å². The van der Waals surface area contributed by atoms with Gasteiger partial charge in [-0.05, 0) is 36.2 Å². The standard InChI is InChI=1S/C16H15F2NO2/c1-2-7-21-16(20)14-9-12(18)8-13(15(14)19)10-3-5-11(17)6-4-10/h3-6,8-9H,2,7,19H2,1H3. The number of carbonyl (C=O) groups is 1. The molecule has 0 fully saturated rings. The minimum Gasteiger partial charge on any atom is -0.462 e. The number of nitrogens with two attached hydrogens (primary N) is 1. The van der Waals surface area contributed by atoms with Gasteiger partial charge in [-0.2, -0.15) is 0 Å². The summed E-state index contributed by atoms with van der Waals surface area (Å²) in [6.07, 6.45) is 0.659. The van der Waals surface area contributed by atoms with Gasteiger partial charge in [0.1, 0.15) is 11.6 Å². The molecule has 0 aliphatic heterocycles. The summed E-state index contributed by atoms with van der Waals surface area (Å²) >= 11 is 0. The Balaban J connectivity index is 2.46. The van der Waals surface area contributed by atoms with Gasteiger partial charge in [0.25, 0.3) is 0 Å². The highest BCUT2D eigenvalue weighted by atomic mass is 19.1. The van der Waals surface area contributed by atoms with E-state index in [4.69, 9.17) is 10.5 Å². The van der Waals surface area contributed by atoms with Crippen molar-refractivity contribution in [2.45, 2.75) is 13.3 Å². The van der Waals surface area contributed by atoms with E-state index >= 15 is 0 Å². The monoisotopic (exact) mass is 291 g/mol. The summed E-state index contributed by atoms with van der Waals surface area (Å²) in [5.41, 5.74) is 6.88. The third-order valence-electron chi connectivity index (χ3n) is 2.96. The van der Waals surface area contributed by atoms with Gasteiger partial charge in [-0.25, -0.2) is 13.6 Å². The van der Waals surface area contributed by atoms with Crippen LogP contribution in [0, 0.1) is 11.6 Å². The largest absolute Gasteiger partial charge is 0.462 e. The van der Waals surface area contributed by atoms with Crippen LogP contribution in [0.4, 0.5) is 14.5 Å². The second-order valence-electron chi connectivity index (χ2n) is 4.56. The number of ether oxygens (including phenoxy) is 1. The van der Waals surface area contributed by atoms with E-state index in [1.54, 1.807) is 0 Å². The molecule has 0 aliphatic rings. The first kappa shape index (κ1) is 15.0. The number of benzene rings is 2. The fourth-order valence-electron chi connectivity index (χ4n) is 1.93. The van der Waals surface area contributed by atoms with Crippen LogP contribution < -0.4 is 5.73 Å². The van der Waals surface area contributed by atoms with Crippen molar-refractivity contribution in [1.82, 2.24) is 0 Å². The third kappa shape index (κ3) is 3.37. The van der Waals surface area contributed by atoms with Gasteiger partial charge in [-0.1, -0.05) is 19.1 Å². The van der Waals surface area contributed by atoms with Gasteiger partial charge < -0.3 is 10.5 Å². The average molecular weight is 291 g/mol. The molecule has 21 heavy (non-hydrogen) atoms. The molecule has 0 unspecified atom stereocenters. The predicted octanol–water partition coefficient (Wildman–Crippen LogP) is 3.78. The summed E-state index contributed by atoms with van der Waals surface area (Å²) in [5.74, 6) is -1.68. The molecule has 0 saturated carbocycles. The van der Waals surface area contributed by atoms with Gasteiger partial charge in [0.2, 0.25) is 0 Å². The first-order chi connectivity index (χ1) is 10.0. The van der Waals surface area contributed by atoms with E-state index in [0.29, 0.717) is 17.5 Å². The number of rotatable bonds is 4. The lowest BCUT2D eigenvalue weighted by atomic mass is 10.00. The van der Waals surface area contributed by atoms with E-state index in [0.717, 1.165) is 6.07 Å². The molecule has 0 spiro atoms. The Bertz CT molecular complexity index is 654. The van der Waals surface area contributed by atoms with Crippen molar-refractivity contribution in [3.8, 4) is 11.1 Å². The van der Waals surface area contributed by atoms with Gasteiger partial charge >= 0.3 is 5.97 Å². The van der Waals surface area contributed by atoms with Crippen LogP contribution >= 0.6 is 0 Å². The lowest BCUT2D eigenvalue weighted by Gasteiger charge is -2.11. The number of carbonyl (C=O) groups excluding carboxylic acids is 1.